The van der Waals surface area contributed by atoms with Crippen LogP contribution in [0.5, 0.6) is 11.5 Å². The van der Waals surface area contributed by atoms with E-state index in [1.807, 2.05) is 0 Å². The molecule has 0 amide bonds. The zero-order valence-electron chi connectivity index (χ0n) is 22.7. The molecule has 0 spiro atoms. The lowest BCUT2D eigenvalue weighted by Crippen LogP contribution is -2.18. The van der Waals surface area contributed by atoms with Gasteiger partial charge in [-0.15, -0.1) is 0 Å². The molecule has 1 atom stereocenters. The van der Waals surface area contributed by atoms with Gasteiger partial charge in [0.25, 0.3) is 0 Å². The van der Waals surface area contributed by atoms with Crippen molar-refractivity contribution in [3.8, 4) is 22.8 Å². The smallest absolute Gasteiger partial charge is 0.360 e. The van der Waals surface area contributed by atoms with E-state index in [-0.39, 0.29) is 22.2 Å². The highest BCUT2D eigenvalue weighted by Gasteiger charge is 2.34. The minimum Gasteiger partial charge on any atom is -0.483 e. The summed E-state index contributed by atoms with van der Waals surface area (Å²) in [7, 11) is -5.43. The van der Waals surface area contributed by atoms with Crippen molar-refractivity contribution in [2.24, 2.45) is 0 Å². The van der Waals surface area contributed by atoms with Gasteiger partial charge in [-0.25, -0.2) is 18.2 Å². The molecule has 0 aliphatic heterocycles. The lowest BCUT2D eigenvalue weighted by molar-refractivity contribution is 0.218. The maximum atomic E-state index is 14.2. The first kappa shape index (κ1) is 30.9. The van der Waals surface area contributed by atoms with Crippen molar-refractivity contribution in [3.63, 3.8) is 0 Å². The summed E-state index contributed by atoms with van der Waals surface area (Å²) in [5.74, 6) is -14.8. The highest BCUT2D eigenvalue weighted by atomic mass is 35.5. The van der Waals surface area contributed by atoms with E-state index in [9.17, 15) is 35.2 Å². The minimum atomic E-state index is -5.43. The molecular weight excluding hydrogens is 635 g/mol. The fraction of sp³-hybridized carbons (Fsp3) is 0.138. The molecule has 8 nitrogen and oxygen atoms in total. The number of halogens is 6. The number of nitrogens with zero attached hydrogens (tertiary/aromatic N) is 2. The van der Waals surface area contributed by atoms with Gasteiger partial charge >= 0.3 is 10.1 Å². The topological polar surface area (TPSA) is 109 Å². The number of fused-ring (bicyclic) bond motifs is 1. The summed E-state index contributed by atoms with van der Waals surface area (Å²) in [6.07, 6.45) is 1.96. The Kier molecular flexibility index (Phi) is 8.07. The quantitative estimate of drug-likeness (QED) is 0.0601. The van der Waals surface area contributed by atoms with Crippen LogP contribution in [0.15, 0.2) is 63.0 Å². The second kappa shape index (κ2) is 11.5. The number of aryl methyl sites for hydroxylation is 1. The fourth-order valence-corrected chi connectivity index (χ4v) is 5.59. The number of ether oxygens (including phenoxy) is 1. The van der Waals surface area contributed by atoms with Gasteiger partial charge in [-0.3, -0.25) is 9.78 Å². The van der Waals surface area contributed by atoms with Gasteiger partial charge < -0.3 is 13.3 Å². The third kappa shape index (κ3) is 5.46. The van der Waals surface area contributed by atoms with E-state index >= 15 is 0 Å². The molecule has 44 heavy (non-hydrogen) atoms. The SMILES string of the molecule is Cc1cc([C@@H](C)Oc2ccc(Cl)nc2S(=O)(=O)Oc2c(F)c(F)c(F)c(F)c2F)c2oc(-c3cccnc3)c(C)c(=O)c2c1. The predicted octanol–water partition coefficient (Wildman–Crippen LogP) is 7.12. The van der Waals surface area contributed by atoms with Gasteiger partial charge in [-0.05, 0) is 62.7 Å². The van der Waals surface area contributed by atoms with Crippen LogP contribution in [0.2, 0.25) is 5.15 Å². The molecule has 0 radical (unpaired) electrons. The van der Waals surface area contributed by atoms with E-state index in [1.165, 1.54) is 13.1 Å². The number of pyridine rings is 2. The van der Waals surface area contributed by atoms with E-state index in [0.29, 0.717) is 22.3 Å². The van der Waals surface area contributed by atoms with E-state index in [2.05, 4.69) is 14.2 Å². The highest BCUT2D eigenvalue weighted by molar-refractivity contribution is 7.87. The zero-order chi connectivity index (χ0) is 32.1. The van der Waals surface area contributed by atoms with Crippen LogP contribution in [0.25, 0.3) is 22.3 Å². The summed E-state index contributed by atoms with van der Waals surface area (Å²) in [5.41, 5.74) is 1.53. The van der Waals surface area contributed by atoms with Crippen LogP contribution in [0.3, 0.4) is 0 Å². The summed E-state index contributed by atoms with van der Waals surface area (Å²) in [6.45, 7) is 4.78. The van der Waals surface area contributed by atoms with Crippen molar-refractivity contribution in [2.45, 2.75) is 31.9 Å². The summed E-state index contributed by atoms with van der Waals surface area (Å²) >= 11 is 5.86. The number of aromatic nitrogens is 2. The second-order valence-corrected chi connectivity index (χ2v) is 11.3. The normalized spacial score (nSPS) is 12.4. The molecule has 3 heterocycles. The van der Waals surface area contributed by atoms with Crippen LogP contribution < -0.4 is 14.3 Å². The van der Waals surface area contributed by atoms with E-state index in [0.717, 1.165) is 12.1 Å². The standard InChI is InChI=1S/C29H18ClF5N2O6S/c1-12-9-16(27-17(10-12)25(38)13(2)26(42-27)15-5-4-8-36-11-15)14(3)41-18-6-7-19(30)37-29(18)44(39,40)43-28-23(34)21(32)20(31)22(33)24(28)35/h4-11,14H,1-3H3/t14-/m1/s1. The molecule has 3 aromatic heterocycles. The van der Waals surface area contributed by atoms with Crippen LogP contribution >= 0.6 is 11.6 Å². The Hall–Kier alpha value is -4.56. The molecule has 0 bridgehead atoms. The van der Waals surface area contributed by atoms with Crippen molar-refractivity contribution >= 4 is 32.7 Å². The summed E-state index contributed by atoms with van der Waals surface area (Å²) in [5, 5.41) is -1.36. The first-order chi connectivity index (χ1) is 20.7. The Morgan fingerprint density at radius 3 is 2.25 bits per heavy atom. The number of hydrogen-bond donors (Lipinski definition) is 0. The third-order valence-electron chi connectivity index (χ3n) is 6.45. The summed E-state index contributed by atoms with van der Waals surface area (Å²) in [4.78, 5) is 21.0. The third-order valence-corrected chi connectivity index (χ3v) is 7.81. The van der Waals surface area contributed by atoms with Gasteiger partial charge in [-0.1, -0.05) is 11.6 Å². The lowest BCUT2D eigenvalue weighted by atomic mass is 10.0. The predicted molar refractivity (Wildman–Crippen MR) is 148 cm³/mol. The molecule has 0 fully saturated rings. The average Bonchev–Trinajstić information content (AvgIpc) is 3.00. The van der Waals surface area contributed by atoms with Crippen LogP contribution in [0.4, 0.5) is 22.0 Å². The molecule has 5 rings (SSSR count). The number of benzene rings is 2. The maximum absolute atomic E-state index is 14.2. The molecule has 0 saturated carbocycles. The van der Waals surface area contributed by atoms with Crippen LogP contribution in [0, 0.1) is 42.9 Å². The lowest BCUT2D eigenvalue weighted by Gasteiger charge is -2.19. The average molecular weight is 653 g/mol. The van der Waals surface area contributed by atoms with Crippen LogP contribution in [-0.2, 0) is 10.1 Å². The molecule has 228 valence electrons. The highest BCUT2D eigenvalue weighted by Crippen LogP contribution is 2.36. The monoisotopic (exact) mass is 652 g/mol. The first-order valence-corrected chi connectivity index (χ1v) is 14.3. The van der Waals surface area contributed by atoms with Gasteiger partial charge in [0.05, 0.1) is 5.39 Å². The molecule has 0 aliphatic rings. The molecular formula is C29H18ClF5N2O6S. The Bertz CT molecular complexity index is 2100. The van der Waals surface area contributed by atoms with Gasteiger partial charge in [0.1, 0.15) is 22.6 Å². The Balaban J connectivity index is 1.60. The second-order valence-electron chi connectivity index (χ2n) is 9.49. The van der Waals surface area contributed by atoms with Crippen molar-refractivity contribution in [1.29, 1.82) is 0 Å². The molecule has 0 N–H and O–H groups in total. The van der Waals surface area contributed by atoms with E-state index < -0.39 is 67.0 Å². The minimum absolute atomic E-state index is 0.113. The zero-order valence-corrected chi connectivity index (χ0v) is 24.3. The van der Waals surface area contributed by atoms with Crippen LogP contribution in [0.1, 0.15) is 29.7 Å². The Morgan fingerprint density at radius 2 is 1.61 bits per heavy atom. The molecule has 0 unspecified atom stereocenters. The summed E-state index contributed by atoms with van der Waals surface area (Å²) in [6, 6.07) is 8.75. The van der Waals surface area contributed by atoms with Crippen molar-refractivity contribution < 1.29 is 43.7 Å². The fourth-order valence-electron chi connectivity index (χ4n) is 4.38. The van der Waals surface area contributed by atoms with Crippen LogP contribution in [-0.4, -0.2) is 18.4 Å². The van der Waals surface area contributed by atoms with E-state index in [1.54, 1.807) is 44.3 Å². The number of hydrogen-bond acceptors (Lipinski definition) is 8. The molecule has 5 aromatic rings. The largest absolute Gasteiger partial charge is 0.483 e. The van der Waals surface area contributed by atoms with Crippen molar-refractivity contribution in [1.82, 2.24) is 9.97 Å². The van der Waals surface area contributed by atoms with Crippen molar-refractivity contribution in [2.75, 3.05) is 0 Å². The molecule has 2 aromatic carbocycles. The molecule has 0 aliphatic carbocycles. The molecule has 0 saturated heterocycles. The summed E-state index contributed by atoms with van der Waals surface area (Å²) < 4.78 is 112. The Morgan fingerprint density at radius 1 is 0.955 bits per heavy atom. The van der Waals surface area contributed by atoms with Gasteiger partial charge in [-0.2, -0.15) is 17.2 Å². The van der Waals surface area contributed by atoms with Gasteiger partial charge in [0.2, 0.25) is 39.9 Å². The molecule has 15 heteroatoms. The van der Waals surface area contributed by atoms with E-state index in [4.69, 9.17) is 20.8 Å². The Labute approximate surface area is 250 Å². The van der Waals surface area contributed by atoms with Crippen molar-refractivity contribution in [3.05, 3.63) is 110 Å². The first-order valence-electron chi connectivity index (χ1n) is 12.5. The maximum Gasteiger partial charge on any atom is 0.360 e. The van der Waals surface area contributed by atoms with Gasteiger partial charge in [0, 0.05) is 29.1 Å². The van der Waals surface area contributed by atoms with Gasteiger partial charge in [0.15, 0.2) is 11.2 Å². The number of rotatable bonds is 7.